The second-order valence-electron chi connectivity index (χ2n) is 2.23. The van der Waals surface area contributed by atoms with Gasteiger partial charge in [-0.15, -0.1) is 0 Å². The lowest BCUT2D eigenvalue weighted by Gasteiger charge is -2.00. The number of carbonyl (C=O) groups excluding carboxylic acids is 1. The van der Waals surface area contributed by atoms with Crippen molar-refractivity contribution in [3.63, 3.8) is 0 Å². The van der Waals surface area contributed by atoms with Gasteiger partial charge in [-0.1, -0.05) is 0 Å². The van der Waals surface area contributed by atoms with Gasteiger partial charge in [-0.2, -0.15) is 5.26 Å². The van der Waals surface area contributed by atoms with Crippen molar-refractivity contribution in [1.82, 2.24) is 0 Å². The lowest BCUT2D eigenvalue weighted by Crippen LogP contribution is -1.92. The number of anilines is 1. The van der Waals surface area contributed by atoms with E-state index in [1.807, 2.05) is 0 Å². The van der Waals surface area contributed by atoms with Crippen LogP contribution < -0.4 is 5.73 Å². The zero-order chi connectivity index (χ0) is 9.14. The van der Waals surface area contributed by atoms with Gasteiger partial charge in [0.2, 0.25) is 0 Å². The van der Waals surface area contributed by atoms with Crippen molar-refractivity contribution >= 4 is 12.0 Å². The van der Waals surface area contributed by atoms with Crippen LogP contribution in [0.5, 0.6) is 5.75 Å². The molecule has 0 unspecified atom stereocenters. The van der Waals surface area contributed by atoms with E-state index in [1.165, 1.54) is 12.1 Å². The molecule has 0 atom stereocenters. The number of hydrogen-bond acceptors (Lipinski definition) is 4. The molecule has 1 aromatic carbocycles. The van der Waals surface area contributed by atoms with E-state index in [0.717, 1.165) is 0 Å². The van der Waals surface area contributed by atoms with Crippen molar-refractivity contribution in [2.24, 2.45) is 0 Å². The number of rotatable bonds is 1. The molecule has 12 heavy (non-hydrogen) atoms. The summed E-state index contributed by atoms with van der Waals surface area (Å²) in [6, 6.07) is 4.23. The number of hydrogen-bond donors (Lipinski definition) is 2. The Kier molecular flexibility index (Phi) is 1.97. The van der Waals surface area contributed by atoms with Gasteiger partial charge in [-0.05, 0) is 6.07 Å². The number of nitrogens with zero attached hydrogens (tertiary/aromatic N) is 1. The van der Waals surface area contributed by atoms with Crippen molar-refractivity contribution < 1.29 is 9.90 Å². The van der Waals surface area contributed by atoms with Crippen LogP contribution in [-0.4, -0.2) is 11.4 Å². The van der Waals surface area contributed by atoms with Gasteiger partial charge in [0.25, 0.3) is 0 Å². The van der Waals surface area contributed by atoms with Crippen LogP contribution in [0.25, 0.3) is 0 Å². The second kappa shape index (κ2) is 2.93. The average molecular weight is 162 g/mol. The third-order valence-electron chi connectivity index (χ3n) is 1.45. The van der Waals surface area contributed by atoms with Gasteiger partial charge in [0.05, 0.1) is 16.8 Å². The fourth-order valence-corrected chi connectivity index (χ4v) is 0.812. The van der Waals surface area contributed by atoms with E-state index in [0.29, 0.717) is 6.29 Å². The highest BCUT2D eigenvalue weighted by Gasteiger charge is 2.05. The minimum Gasteiger partial charge on any atom is -0.507 e. The number of phenolic OH excluding ortho intramolecular Hbond substituents is 1. The number of nitriles is 1. The second-order valence-corrected chi connectivity index (χ2v) is 2.23. The van der Waals surface area contributed by atoms with Gasteiger partial charge in [-0.3, -0.25) is 4.79 Å². The molecular weight excluding hydrogens is 156 g/mol. The predicted octanol–water partition coefficient (Wildman–Crippen LogP) is 0.659. The molecule has 0 heterocycles. The Morgan fingerprint density at radius 1 is 1.58 bits per heavy atom. The fraction of sp³-hybridized carbons (Fsp3) is 0. The number of nitrogen functional groups attached to an aromatic ring is 1. The van der Waals surface area contributed by atoms with Gasteiger partial charge in [0.1, 0.15) is 11.8 Å². The van der Waals surface area contributed by atoms with Crippen LogP contribution in [0, 0.1) is 11.3 Å². The van der Waals surface area contributed by atoms with E-state index in [4.69, 9.17) is 16.1 Å². The van der Waals surface area contributed by atoms with Crippen LogP contribution in [0.15, 0.2) is 12.1 Å². The van der Waals surface area contributed by atoms with E-state index in [9.17, 15) is 4.79 Å². The molecule has 0 aliphatic carbocycles. The van der Waals surface area contributed by atoms with Crippen molar-refractivity contribution in [3.05, 3.63) is 23.3 Å². The normalized spacial score (nSPS) is 8.92. The van der Waals surface area contributed by atoms with Gasteiger partial charge in [-0.25, -0.2) is 0 Å². The summed E-state index contributed by atoms with van der Waals surface area (Å²) in [4.78, 5) is 10.3. The summed E-state index contributed by atoms with van der Waals surface area (Å²) in [5.41, 5.74) is 5.78. The molecule has 0 radical (unpaired) electrons. The third-order valence-corrected chi connectivity index (χ3v) is 1.45. The van der Waals surface area contributed by atoms with E-state index in [-0.39, 0.29) is 22.6 Å². The number of nitrogens with two attached hydrogens (primary N) is 1. The first-order valence-electron chi connectivity index (χ1n) is 3.16. The zero-order valence-corrected chi connectivity index (χ0v) is 6.11. The SMILES string of the molecule is N#Cc1cc(C=O)c(O)cc1N. The summed E-state index contributed by atoms with van der Waals surface area (Å²) < 4.78 is 0. The number of aldehydes is 1. The molecule has 0 amide bonds. The molecule has 0 fully saturated rings. The van der Waals surface area contributed by atoms with Crippen LogP contribution in [0.2, 0.25) is 0 Å². The summed E-state index contributed by atoms with van der Waals surface area (Å²) in [5, 5.41) is 17.6. The molecule has 1 aromatic rings. The number of aromatic hydroxyl groups is 1. The molecule has 3 N–H and O–H groups in total. The predicted molar refractivity (Wildman–Crippen MR) is 42.6 cm³/mol. The van der Waals surface area contributed by atoms with Gasteiger partial charge in [0, 0.05) is 6.07 Å². The maximum absolute atomic E-state index is 10.3. The number of phenols is 1. The third kappa shape index (κ3) is 1.20. The lowest BCUT2D eigenvalue weighted by molar-refractivity contribution is 0.112. The van der Waals surface area contributed by atoms with Crippen molar-refractivity contribution in [3.8, 4) is 11.8 Å². The van der Waals surface area contributed by atoms with Gasteiger partial charge >= 0.3 is 0 Å². The smallest absolute Gasteiger partial charge is 0.153 e. The van der Waals surface area contributed by atoms with Crippen LogP contribution in [-0.2, 0) is 0 Å². The highest BCUT2D eigenvalue weighted by molar-refractivity contribution is 5.82. The largest absolute Gasteiger partial charge is 0.507 e. The topological polar surface area (TPSA) is 87.1 Å². The lowest BCUT2D eigenvalue weighted by atomic mass is 10.1. The molecule has 0 saturated heterocycles. The van der Waals surface area contributed by atoms with Crippen LogP contribution >= 0.6 is 0 Å². The van der Waals surface area contributed by atoms with Crippen LogP contribution in [0.4, 0.5) is 5.69 Å². The first kappa shape index (κ1) is 8.08. The standard InChI is InChI=1S/C8H6N2O2/c9-3-5-1-6(4-11)8(12)2-7(5)10/h1-2,4,12H,10H2. The number of carbonyl (C=O) groups is 1. The van der Waals surface area contributed by atoms with Crippen molar-refractivity contribution in [2.75, 3.05) is 5.73 Å². The van der Waals surface area contributed by atoms with Crippen molar-refractivity contribution in [2.45, 2.75) is 0 Å². The molecule has 1 rings (SSSR count). The molecular formula is C8H6N2O2. The number of benzene rings is 1. The van der Waals surface area contributed by atoms with Crippen LogP contribution in [0.1, 0.15) is 15.9 Å². The average Bonchev–Trinajstić information content (AvgIpc) is 2.05. The first-order chi connectivity index (χ1) is 5.69. The summed E-state index contributed by atoms with van der Waals surface area (Å²) in [6.07, 6.45) is 0.468. The van der Waals surface area contributed by atoms with Gasteiger partial charge < -0.3 is 10.8 Å². The summed E-state index contributed by atoms with van der Waals surface area (Å²) >= 11 is 0. The maximum atomic E-state index is 10.3. The Balaban J connectivity index is 3.39. The molecule has 4 nitrogen and oxygen atoms in total. The van der Waals surface area contributed by atoms with E-state index >= 15 is 0 Å². The monoisotopic (exact) mass is 162 g/mol. The minimum atomic E-state index is -0.207. The Hall–Kier alpha value is -2.02. The highest BCUT2D eigenvalue weighted by Crippen LogP contribution is 2.22. The van der Waals surface area contributed by atoms with Crippen LogP contribution in [0.3, 0.4) is 0 Å². The highest BCUT2D eigenvalue weighted by atomic mass is 16.3. The van der Waals surface area contributed by atoms with E-state index < -0.39 is 0 Å². The Labute approximate surface area is 68.8 Å². The maximum Gasteiger partial charge on any atom is 0.153 e. The van der Waals surface area contributed by atoms with Gasteiger partial charge in [0.15, 0.2) is 6.29 Å². The molecule has 60 valence electrons. The Bertz CT molecular complexity index is 366. The first-order valence-corrected chi connectivity index (χ1v) is 3.16. The van der Waals surface area contributed by atoms with E-state index in [1.54, 1.807) is 6.07 Å². The van der Waals surface area contributed by atoms with E-state index in [2.05, 4.69) is 0 Å². The summed E-state index contributed by atoms with van der Waals surface area (Å²) in [5.74, 6) is -0.207. The van der Waals surface area contributed by atoms with Crippen molar-refractivity contribution in [1.29, 1.82) is 5.26 Å². The summed E-state index contributed by atoms with van der Waals surface area (Å²) in [7, 11) is 0. The molecule has 0 aromatic heterocycles. The summed E-state index contributed by atoms with van der Waals surface area (Å²) in [6.45, 7) is 0. The fourth-order valence-electron chi connectivity index (χ4n) is 0.812. The minimum absolute atomic E-state index is 0.0701. The zero-order valence-electron chi connectivity index (χ0n) is 6.11. The molecule has 4 heteroatoms. The molecule has 0 saturated carbocycles. The quantitative estimate of drug-likeness (QED) is 0.469. The molecule has 0 spiro atoms. The molecule has 0 aliphatic heterocycles. The molecule has 0 bridgehead atoms. The molecule has 0 aliphatic rings. The Morgan fingerprint density at radius 2 is 2.25 bits per heavy atom. The Morgan fingerprint density at radius 3 is 2.75 bits per heavy atom.